The highest BCUT2D eigenvalue weighted by Crippen LogP contribution is 2.17. The van der Waals surface area contributed by atoms with Crippen LogP contribution in [0.3, 0.4) is 0 Å². The summed E-state index contributed by atoms with van der Waals surface area (Å²) in [5.41, 5.74) is 1.80. The lowest BCUT2D eigenvalue weighted by Gasteiger charge is -1.98. The highest BCUT2D eigenvalue weighted by Gasteiger charge is 1.97. The molecule has 0 saturated heterocycles. The molecule has 90 valence electrons. The molecule has 0 amide bonds. The lowest BCUT2D eigenvalue weighted by atomic mass is 10.3. The minimum atomic E-state index is 0.829. The maximum Gasteiger partial charge on any atom is 0.213 e. The first-order valence-electron chi connectivity index (χ1n) is 5.49. The Morgan fingerprint density at radius 1 is 1.17 bits per heavy atom. The van der Waals surface area contributed by atoms with Gasteiger partial charge >= 0.3 is 0 Å². The van der Waals surface area contributed by atoms with Gasteiger partial charge in [-0.25, -0.2) is 4.99 Å². The van der Waals surface area contributed by atoms with Gasteiger partial charge in [-0.15, -0.1) is 0 Å². The van der Waals surface area contributed by atoms with E-state index in [1.165, 1.54) is 11.5 Å². The van der Waals surface area contributed by atoms with Crippen LogP contribution in [-0.2, 0) is 0 Å². The average Bonchev–Trinajstić information content (AvgIpc) is 2.83. The number of hydrogen-bond donors (Lipinski definition) is 0. The number of benzene rings is 1. The molecule has 5 heteroatoms. The number of aromatic nitrogens is 2. The molecule has 3 aromatic rings. The summed E-state index contributed by atoms with van der Waals surface area (Å²) in [5, 5.41) is 0. The first-order valence-corrected chi connectivity index (χ1v) is 6.26. The van der Waals surface area contributed by atoms with Crippen molar-refractivity contribution in [3.63, 3.8) is 0 Å². The topological polar surface area (TPSA) is 38.9 Å². The van der Waals surface area contributed by atoms with Crippen LogP contribution in [0.25, 0.3) is 5.65 Å². The summed E-state index contributed by atoms with van der Waals surface area (Å²) >= 11 is 1.38. The molecule has 0 aliphatic rings. The number of methoxy groups -OCH3 is 1. The molecule has 0 bridgehead atoms. The van der Waals surface area contributed by atoms with Crippen molar-refractivity contribution >= 4 is 22.9 Å². The Balaban J connectivity index is 2.10. The van der Waals surface area contributed by atoms with E-state index in [0.717, 1.165) is 21.9 Å². The van der Waals surface area contributed by atoms with Crippen molar-refractivity contribution in [1.29, 1.82) is 0 Å². The quantitative estimate of drug-likeness (QED) is 0.708. The van der Waals surface area contributed by atoms with E-state index in [0.29, 0.717) is 0 Å². The summed E-state index contributed by atoms with van der Waals surface area (Å²) in [4.78, 5) is 5.43. The van der Waals surface area contributed by atoms with Gasteiger partial charge in [0, 0.05) is 17.7 Å². The highest BCUT2D eigenvalue weighted by molar-refractivity contribution is 7.03. The third-order valence-corrected chi connectivity index (χ3v) is 3.29. The first kappa shape index (κ1) is 11.0. The van der Waals surface area contributed by atoms with Crippen LogP contribution in [0, 0.1) is 0 Å². The van der Waals surface area contributed by atoms with Gasteiger partial charge in [-0.2, -0.15) is 4.37 Å². The van der Waals surface area contributed by atoms with Gasteiger partial charge in [0.2, 0.25) is 4.80 Å². The monoisotopic (exact) mass is 257 g/mol. The van der Waals surface area contributed by atoms with Gasteiger partial charge in [0.1, 0.15) is 5.75 Å². The molecular weight excluding hydrogens is 246 g/mol. The Morgan fingerprint density at radius 3 is 2.78 bits per heavy atom. The van der Waals surface area contributed by atoms with Crippen LogP contribution in [0.15, 0.2) is 53.7 Å². The minimum absolute atomic E-state index is 0.829. The molecule has 0 unspecified atom stereocenters. The fraction of sp³-hybridized carbons (Fsp3) is 0.0769. The zero-order valence-corrected chi connectivity index (χ0v) is 10.6. The SMILES string of the molecule is COc1ccc(N=c2snc3ccccn23)cc1. The van der Waals surface area contributed by atoms with Crippen LogP contribution in [0.1, 0.15) is 0 Å². The average molecular weight is 257 g/mol. The van der Waals surface area contributed by atoms with E-state index < -0.39 is 0 Å². The van der Waals surface area contributed by atoms with Crippen molar-refractivity contribution in [1.82, 2.24) is 8.77 Å². The Labute approximate surface area is 108 Å². The van der Waals surface area contributed by atoms with Crippen molar-refractivity contribution in [2.45, 2.75) is 0 Å². The maximum atomic E-state index is 5.12. The predicted octanol–water partition coefficient (Wildman–Crippen LogP) is 2.64. The smallest absolute Gasteiger partial charge is 0.213 e. The van der Waals surface area contributed by atoms with Crippen molar-refractivity contribution in [2.24, 2.45) is 4.99 Å². The lowest BCUT2D eigenvalue weighted by molar-refractivity contribution is 0.415. The van der Waals surface area contributed by atoms with Crippen LogP contribution < -0.4 is 9.54 Å². The number of nitrogens with zero attached hydrogens (tertiary/aromatic N) is 3. The Hall–Kier alpha value is -2.14. The Bertz CT molecular complexity index is 728. The highest BCUT2D eigenvalue weighted by atomic mass is 32.1. The van der Waals surface area contributed by atoms with Crippen LogP contribution in [-0.4, -0.2) is 15.9 Å². The van der Waals surface area contributed by atoms with Crippen LogP contribution in [0.2, 0.25) is 0 Å². The van der Waals surface area contributed by atoms with E-state index in [2.05, 4.69) is 9.37 Å². The summed E-state index contributed by atoms with van der Waals surface area (Å²) in [7, 11) is 1.65. The molecule has 2 aromatic heterocycles. The van der Waals surface area contributed by atoms with Gasteiger partial charge in [-0.1, -0.05) is 6.07 Å². The standard InChI is InChI=1S/C13H11N3OS/c1-17-11-7-5-10(6-8-11)14-13-16-9-3-2-4-12(16)15-18-13/h2-9H,1H3. The molecule has 0 fully saturated rings. The molecule has 4 nitrogen and oxygen atoms in total. The largest absolute Gasteiger partial charge is 0.497 e. The summed E-state index contributed by atoms with van der Waals surface area (Å²) in [6.07, 6.45) is 1.96. The van der Waals surface area contributed by atoms with E-state index in [1.807, 2.05) is 53.1 Å². The number of ether oxygens (including phenoxy) is 1. The predicted molar refractivity (Wildman–Crippen MR) is 71.3 cm³/mol. The molecule has 2 heterocycles. The molecule has 0 aliphatic carbocycles. The fourth-order valence-corrected chi connectivity index (χ4v) is 2.36. The molecule has 1 aromatic carbocycles. The number of hydrogen-bond acceptors (Lipinski definition) is 4. The molecule has 0 spiro atoms. The molecule has 0 radical (unpaired) electrons. The van der Waals surface area contributed by atoms with Gasteiger partial charge in [0.15, 0.2) is 5.65 Å². The zero-order valence-electron chi connectivity index (χ0n) is 9.78. The molecular formula is C13H11N3OS. The molecule has 0 aliphatic heterocycles. The van der Waals surface area contributed by atoms with Crippen LogP contribution >= 0.6 is 11.5 Å². The van der Waals surface area contributed by atoms with Crippen molar-refractivity contribution in [2.75, 3.05) is 7.11 Å². The van der Waals surface area contributed by atoms with Gasteiger partial charge in [-0.05, 0) is 36.4 Å². The van der Waals surface area contributed by atoms with Crippen molar-refractivity contribution < 1.29 is 4.74 Å². The number of fused-ring (bicyclic) bond motifs is 1. The van der Waals surface area contributed by atoms with E-state index in [9.17, 15) is 0 Å². The maximum absolute atomic E-state index is 5.12. The molecule has 3 rings (SSSR count). The zero-order chi connectivity index (χ0) is 12.4. The molecule has 0 N–H and O–H groups in total. The van der Waals surface area contributed by atoms with E-state index in [-0.39, 0.29) is 0 Å². The van der Waals surface area contributed by atoms with Gasteiger partial charge in [-0.3, -0.25) is 4.40 Å². The second kappa shape index (κ2) is 4.62. The summed E-state index contributed by atoms with van der Waals surface area (Å²) < 4.78 is 11.4. The van der Waals surface area contributed by atoms with E-state index >= 15 is 0 Å². The second-order valence-corrected chi connectivity index (χ2v) is 4.43. The summed E-state index contributed by atoms with van der Waals surface area (Å²) in [6, 6.07) is 13.5. The summed E-state index contributed by atoms with van der Waals surface area (Å²) in [5.74, 6) is 0.829. The van der Waals surface area contributed by atoms with Crippen molar-refractivity contribution in [3.05, 3.63) is 53.5 Å². The van der Waals surface area contributed by atoms with E-state index in [1.54, 1.807) is 7.11 Å². The third kappa shape index (κ3) is 2.00. The van der Waals surface area contributed by atoms with E-state index in [4.69, 9.17) is 4.74 Å². The van der Waals surface area contributed by atoms with Gasteiger partial charge in [0.05, 0.1) is 12.8 Å². The second-order valence-electron chi connectivity index (χ2n) is 3.70. The fourth-order valence-electron chi connectivity index (χ4n) is 1.64. The molecule has 0 atom stereocenters. The summed E-state index contributed by atoms with van der Waals surface area (Å²) in [6.45, 7) is 0. The Morgan fingerprint density at radius 2 is 2.00 bits per heavy atom. The molecule has 0 saturated carbocycles. The van der Waals surface area contributed by atoms with Crippen LogP contribution in [0.4, 0.5) is 5.69 Å². The van der Waals surface area contributed by atoms with Crippen LogP contribution in [0.5, 0.6) is 5.75 Å². The minimum Gasteiger partial charge on any atom is -0.497 e. The third-order valence-electron chi connectivity index (χ3n) is 2.56. The lowest BCUT2D eigenvalue weighted by Crippen LogP contribution is -2.04. The first-order chi connectivity index (χ1) is 8.86. The normalized spacial score (nSPS) is 11.9. The number of pyridine rings is 1. The van der Waals surface area contributed by atoms with Crippen molar-refractivity contribution in [3.8, 4) is 5.75 Å². The van der Waals surface area contributed by atoms with Gasteiger partial charge in [0.25, 0.3) is 0 Å². The number of rotatable bonds is 2. The molecule has 18 heavy (non-hydrogen) atoms. The van der Waals surface area contributed by atoms with Gasteiger partial charge < -0.3 is 4.74 Å². The Kier molecular flexibility index (Phi) is 2.82.